The van der Waals surface area contributed by atoms with Crippen LogP contribution in [0, 0.1) is 6.92 Å². The van der Waals surface area contributed by atoms with Crippen LogP contribution in [0.25, 0.3) is 0 Å². The Kier molecular flexibility index (Phi) is 6.39. The molecule has 1 heterocycles. The quantitative estimate of drug-likeness (QED) is 0.754. The molecular weight excluding hydrogens is 340 g/mol. The van der Waals surface area contributed by atoms with Crippen LogP contribution in [0.2, 0.25) is 0 Å². The summed E-state index contributed by atoms with van der Waals surface area (Å²) in [5.74, 6) is 0.164. The topological polar surface area (TPSA) is 88.4 Å². The third kappa shape index (κ3) is 5.44. The van der Waals surface area contributed by atoms with Crippen molar-refractivity contribution < 1.29 is 17.6 Å². The van der Waals surface area contributed by atoms with Crippen LogP contribution in [-0.4, -0.2) is 20.4 Å². The van der Waals surface area contributed by atoms with Gasteiger partial charge in [0.05, 0.1) is 23.6 Å². The summed E-state index contributed by atoms with van der Waals surface area (Å²) in [6.07, 6.45) is 2.21. The van der Waals surface area contributed by atoms with Crippen molar-refractivity contribution in [1.82, 2.24) is 10.0 Å². The molecule has 2 N–H and O–H groups in total. The minimum atomic E-state index is -3.77. The van der Waals surface area contributed by atoms with E-state index >= 15 is 0 Å². The molecule has 0 aliphatic carbocycles. The molecule has 0 aliphatic heterocycles. The Balaban J connectivity index is 2.19. The van der Waals surface area contributed by atoms with Crippen molar-refractivity contribution >= 4 is 15.9 Å². The highest BCUT2D eigenvalue weighted by Crippen LogP contribution is 2.21. The van der Waals surface area contributed by atoms with Gasteiger partial charge in [-0.15, -0.1) is 0 Å². The van der Waals surface area contributed by atoms with Gasteiger partial charge >= 0.3 is 0 Å². The zero-order valence-electron chi connectivity index (χ0n) is 14.7. The average molecular weight is 364 g/mol. The number of aryl methyl sites for hydroxylation is 1. The number of hydrogen-bond donors (Lipinski definition) is 2. The number of sulfonamides is 1. The van der Waals surface area contributed by atoms with E-state index in [1.807, 2.05) is 20.8 Å². The van der Waals surface area contributed by atoms with Gasteiger partial charge in [-0.3, -0.25) is 4.79 Å². The van der Waals surface area contributed by atoms with Crippen LogP contribution in [0.5, 0.6) is 0 Å². The standard InChI is InChI=1S/C18H24N2O4S/c1-4-14(3)19-18(21)12-16(17-6-5-11-24-17)20-25(22,23)15-9-7-13(2)8-10-15/h5-11,14,16,20H,4,12H2,1-3H3,(H,19,21)/t14-,16+/m1/s1. The molecule has 0 fully saturated rings. The van der Waals surface area contributed by atoms with Crippen LogP contribution in [0.15, 0.2) is 52.0 Å². The molecule has 0 unspecified atom stereocenters. The van der Waals surface area contributed by atoms with E-state index < -0.39 is 16.1 Å². The molecule has 2 aromatic rings. The molecule has 1 amide bonds. The van der Waals surface area contributed by atoms with Crippen molar-refractivity contribution in [3.8, 4) is 0 Å². The first-order valence-corrected chi connectivity index (χ1v) is 9.72. The summed E-state index contributed by atoms with van der Waals surface area (Å²) in [4.78, 5) is 12.3. The van der Waals surface area contributed by atoms with Gasteiger partial charge < -0.3 is 9.73 Å². The second kappa shape index (κ2) is 8.31. The molecular formula is C18H24N2O4S. The van der Waals surface area contributed by atoms with Crippen molar-refractivity contribution in [2.24, 2.45) is 0 Å². The van der Waals surface area contributed by atoms with Gasteiger partial charge in [0.15, 0.2) is 0 Å². The van der Waals surface area contributed by atoms with E-state index in [1.54, 1.807) is 24.3 Å². The molecule has 1 aromatic heterocycles. The SMILES string of the molecule is CC[C@@H](C)NC(=O)C[C@H](NS(=O)(=O)c1ccc(C)cc1)c1ccco1. The van der Waals surface area contributed by atoms with E-state index in [1.165, 1.54) is 18.4 Å². The van der Waals surface area contributed by atoms with Gasteiger partial charge in [0.25, 0.3) is 0 Å². The summed E-state index contributed by atoms with van der Waals surface area (Å²) in [7, 11) is -3.77. The first kappa shape index (κ1) is 19.2. The maximum Gasteiger partial charge on any atom is 0.241 e. The van der Waals surface area contributed by atoms with Crippen molar-refractivity contribution in [3.63, 3.8) is 0 Å². The molecule has 6 nitrogen and oxygen atoms in total. The van der Waals surface area contributed by atoms with Crippen molar-refractivity contribution in [2.75, 3.05) is 0 Å². The van der Waals surface area contributed by atoms with Crippen LogP contribution in [0.4, 0.5) is 0 Å². The lowest BCUT2D eigenvalue weighted by Crippen LogP contribution is -2.37. The van der Waals surface area contributed by atoms with Crippen molar-refractivity contribution in [3.05, 3.63) is 54.0 Å². The normalized spacial score (nSPS) is 14.0. The van der Waals surface area contributed by atoms with E-state index in [4.69, 9.17) is 4.42 Å². The van der Waals surface area contributed by atoms with E-state index in [-0.39, 0.29) is 23.3 Å². The highest BCUT2D eigenvalue weighted by molar-refractivity contribution is 7.89. The molecule has 7 heteroatoms. The fourth-order valence-electron chi connectivity index (χ4n) is 2.28. The van der Waals surface area contributed by atoms with E-state index in [0.717, 1.165) is 12.0 Å². The lowest BCUT2D eigenvalue weighted by Gasteiger charge is -2.18. The second-order valence-electron chi connectivity index (χ2n) is 6.08. The summed E-state index contributed by atoms with van der Waals surface area (Å²) in [6.45, 7) is 5.75. The zero-order chi connectivity index (χ0) is 18.4. The van der Waals surface area contributed by atoms with E-state index in [2.05, 4.69) is 10.0 Å². The minimum absolute atomic E-state index is 0.0263. The van der Waals surface area contributed by atoms with Gasteiger partial charge in [-0.2, -0.15) is 4.72 Å². The number of rotatable bonds is 8. The zero-order valence-corrected chi connectivity index (χ0v) is 15.5. The predicted molar refractivity (Wildman–Crippen MR) is 95.5 cm³/mol. The molecule has 1 aromatic carbocycles. The first-order valence-electron chi connectivity index (χ1n) is 8.23. The molecule has 136 valence electrons. The Morgan fingerprint density at radius 3 is 2.44 bits per heavy atom. The summed E-state index contributed by atoms with van der Waals surface area (Å²) >= 11 is 0. The van der Waals surface area contributed by atoms with E-state index in [0.29, 0.717) is 5.76 Å². The maximum atomic E-state index is 12.6. The summed E-state index contributed by atoms with van der Waals surface area (Å²) in [6, 6.07) is 9.10. The van der Waals surface area contributed by atoms with Gasteiger partial charge in [0, 0.05) is 6.04 Å². The molecule has 2 rings (SSSR count). The van der Waals surface area contributed by atoms with Gasteiger partial charge in [-0.05, 0) is 44.5 Å². The van der Waals surface area contributed by atoms with Gasteiger partial charge in [0.2, 0.25) is 15.9 Å². The largest absolute Gasteiger partial charge is 0.468 e. The number of furan rings is 1. The number of benzene rings is 1. The van der Waals surface area contributed by atoms with Crippen molar-refractivity contribution in [2.45, 2.75) is 50.6 Å². The third-order valence-corrected chi connectivity index (χ3v) is 5.41. The molecule has 0 saturated heterocycles. The lowest BCUT2D eigenvalue weighted by atomic mass is 10.1. The maximum absolute atomic E-state index is 12.6. The summed E-state index contributed by atoms with van der Waals surface area (Å²) < 4.78 is 33.1. The van der Waals surface area contributed by atoms with Gasteiger partial charge in [-0.25, -0.2) is 8.42 Å². The van der Waals surface area contributed by atoms with Crippen LogP contribution < -0.4 is 10.0 Å². The van der Waals surface area contributed by atoms with Crippen molar-refractivity contribution in [1.29, 1.82) is 0 Å². The molecule has 0 bridgehead atoms. The highest BCUT2D eigenvalue weighted by Gasteiger charge is 2.25. The first-order chi connectivity index (χ1) is 11.8. The Morgan fingerprint density at radius 2 is 1.88 bits per heavy atom. The third-order valence-electron chi connectivity index (χ3n) is 3.92. The van der Waals surface area contributed by atoms with E-state index in [9.17, 15) is 13.2 Å². The molecule has 0 radical (unpaired) electrons. The summed E-state index contributed by atoms with van der Waals surface area (Å²) in [5, 5.41) is 2.84. The predicted octanol–water partition coefficient (Wildman–Crippen LogP) is 2.91. The smallest absolute Gasteiger partial charge is 0.241 e. The van der Waals surface area contributed by atoms with Crippen LogP contribution in [-0.2, 0) is 14.8 Å². The number of amides is 1. The molecule has 25 heavy (non-hydrogen) atoms. The average Bonchev–Trinajstić information content (AvgIpc) is 3.08. The Labute approximate surface area is 148 Å². The highest BCUT2D eigenvalue weighted by atomic mass is 32.2. The second-order valence-corrected chi connectivity index (χ2v) is 7.80. The lowest BCUT2D eigenvalue weighted by molar-refractivity contribution is -0.122. The van der Waals surface area contributed by atoms with Crippen LogP contribution in [0.1, 0.15) is 44.1 Å². The Hall–Kier alpha value is -2.12. The molecule has 0 saturated carbocycles. The fourth-order valence-corrected chi connectivity index (χ4v) is 3.49. The monoisotopic (exact) mass is 364 g/mol. The number of carbonyl (C=O) groups is 1. The van der Waals surface area contributed by atoms with Gasteiger partial charge in [-0.1, -0.05) is 24.6 Å². The number of hydrogen-bond acceptors (Lipinski definition) is 4. The molecule has 2 atom stereocenters. The fraction of sp³-hybridized carbons (Fsp3) is 0.389. The van der Waals surface area contributed by atoms with Gasteiger partial charge in [0.1, 0.15) is 5.76 Å². The molecule has 0 aliphatic rings. The van der Waals surface area contributed by atoms with Crippen LogP contribution in [0.3, 0.4) is 0 Å². The Bertz CT molecular complexity index is 783. The number of carbonyl (C=O) groups excluding carboxylic acids is 1. The summed E-state index contributed by atoms with van der Waals surface area (Å²) in [5.41, 5.74) is 0.967. The minimum Gasteiger partial charge on any atom is -0.468 e. The van der Waals surface area contributed by atoms with Crippen LogP contribution >= 0.6 is 0 Å². The Morgan fingerprint density at radius 1 is 1.20 bits per heavy atom. The number of nitrogens with one attached hydrogen (secondary N) is 2. The molecule has 0 spiro atoms.